The lowest BCUT2D eigenvalue weighted by Gasteiger charge is -2.30. The predicted molar refractivity (Wildman–Crippen MR) is 118 cm³/mol. The molecule has 0 spiro atoms. The molecule has 1 fully saturated rings. The number of hydrogen-bond donors (Lipinski definition) is 0. The standard InChI is InChI=1S/C25H32N2O2/c28-25(20-27-18-6-9-21-8-2-3-10-24(21)27)22-11-13-23(14-12-22)29-19-7-17-26-15-4-1-5-16-26/h2-3,8,10-14H,1,4-7,9,15-20H2. The van der Waals surface area contributed by atoms with Crippen LogP contribution in [0.25, 0.3) is 0 Å². The zero-order valence-corrected chi connectivity index (χ0v) is 17.3. The van der Waals surface area contributed by atoms with Gasteiger partial charge in [0.15, 0.2) is 5.78 Å². The molecule has 2 aromatic rings. The fourth-order valence-electron chi connectivity index (χ4n) is 4.44. The van der Waals surface area contributed by atoms with Crippen LogP contribution in [0.3, 0.4) is 0 Å². The number of para-hydroxylation sites is 1. The number of Topliss-reactive ketones (excluding diaryl/α,β-unsaturated/α-hetero) is 1. The number of anilines is 1. The SMILES string of the molecule is O=C(CN1CCCc2ccccc21)c1ccc(OCCCN2CCCCC2)cc1. The number of ether oxygens (including phenoxy) is 1. The molecule has 0 unspecified atom stereocenters. The van der Waals surface area contributed by atoms with E-state index in [9.17, 15) is 4.79 Å². The number of piperidine rings is 1. The first kappa shape index (κ1) is 20.0. The third-order valence-corrected chi connectivity index (χ3v) is 6.05. The second kappa shape index (κ2) is 9.93. The summed E-state index contributed by atoms with van der Waals surface area (Å²) in [4.78, 5) is 17.5. The Kier molecular flexibility index (Phi) is 6.83. The summed E-state index contributed by atoms with van der Waals surface area (Å²) >= 11 is 0. The Morgan fingerprint density at radius 1 is 0.897 bits per heavy atom. The average molecular weight is 393 g/mol. The number of hydrogen-bond acceptors (Lipinski definition) is 4. The summed E-state index contributed by atoms with van der Waals surface area (Å²) in [5.41, 5.74) is 3.31. The first-order valence-electron chi connectivity index (χ1n) is 11.1. The Labute approximate surface area is 174 Å². The summed E-state index contributed by atoms with van der Waals surface area (Å²) in [7, 11) is 0. The molecule has 29 heavy (non-hydrogen) atoms. The number of benzene rings is 2. The topological polar surface area (TPSA) is 32.8 Å². The quantitative estimate of drug-likeness (QED) is 0.486. The number of aryl methyl sites for hydroxylation is 1. The largest absolute Gasteiger partial charge is 0.494 e. The minimum atomic E-state index is 0.165. The Morgan fingerprint density at radius 3 is 2.52 bits per heavy atom. The van der Waals surface area contributed by atoms with E-state index in [-0.39, 0.29) is 5.78 Å². The third-order valence-electron chi connectivity index (χ3n) is 6.05. The van der Waals surface area contributed by atoms with Gasteiger partial charge in [0.05, 0.1) is 13.2 Å². The Hall–Kier alpha value is -2.33. The van der Waals surface area contributed by atoms with Gasteiger partial charge in [-0.05, 0) is 81.1 Å². The molecule has 0 radical (unpaired) electrons. The van der Waals surface area contributed by atoms with E-state index >= 15 is 0 Å². The van der Waals surface area contributed by atoms with Crippen LogP contribution in [-0.2, 0) is 6.42 Å². The van der Waals surface area contributed by atoms with E-state index in [2.05, 4.69) is 34.1 Å². The van der Waals surface area contributed by atoms with Gasteiger partial charge in [-0.1, -0.05) is 24.6 Å². The lowest BCUT2D eigenvalue weighted by Crippen LogP contribution is -2.34. The lowest BCUT2D eigenvalue weighted by atomic mass is 10.0. The second-order valence-corrected chi connectivity index (χ2v) is 8.21. The fraction of sp³-hybridized carbons (Fsp3) is 0.480. The molecule has 0 N–H and O–H groups in total. The van der Waals surface area contributed by atoms with Crippen molar-refractivity contribution in [3.05, 3.63) is 59.7 Å². The van der Waals surface area contributed by atoms with Crippen molar-refractivity contribution >= 4 is 11.5 Å². The highest BCUT2D eigenvalue weighted by molar-refractivity contribution is 5.99. The lowest BCUT2D eigenvalue weighted by molar-refractivity contribution is 0.0998. The number of carbonyl (C=O) groups excluding carboxylic acids is 1. The molecular weight excluding hydrogens is 360 g/mol. The van der Waals surface area contributed by atoms with Gasteiger partial charge in [0.25, 0.3) is 0 Å². The number of ketones is 1. The molecule has 0 aromatic heterocycles. The molecule has 2 aliphatic heterocycles. The number of fused-ring (bicyclic) bond motifs is 1. The highest BCUT2D eigenvalue weighted by Crippen LogP contribution is 2.26. The van der Waals surface area contributed by atoms with Crippen LogP contribution in [0.5, 0.6) is 5.75 Å². The van der Waals surface area contributed by atoms with Crippen molar-refractivity contribution < 1.29 is 9.53 Å². The molecule has 2 aliphatic rings. The summed E-state index contributed by atoms with van der Waals surface area (Å²) in [5, 5.41) is 0. The van der Waals surface area contributed by atoms with Gasteiger partial charge in [0.2, 0.25) is 0 Å². The van der Waals surface area contributed by atoms with Crippen LogP contribution >= 0.6 is 0 Å². The van der Waals surface area contributed by atoms with Crippen LogP contribution in [0.4, 0.5) is 5.69 Å². The van der Waals surface area contributed by atoms with Gasteiger partial charge >= 0.3 is 0 Å². The Morgan fingerprint density at radius 2 is 1.69 bits per heavy atom. The maximum absolute atomic E-state index is 12.8. The van der Waals surface area contributed by atoms with Gasteiger partial charge in [0, 0.05) is 24.3 Å². The minimum absolute atomic E-state index is 0.165. The maximum atomic E-state index is 12.8. The molecule has 0 atom stereocenters. The van der Waals surface area contributed by atoms with Crippen molar-refractivity contribution in [1.29, 1.82) is 0 Å². The molecule has 4 heteroatoms. The van der Waals surface area contributed by atoms with Gasteiger partial charge in [-0.3, -0.25) is 4.79 Å². The van der Waals surface area contributed by atoms with Crippen molar-refractivity contribution in [3.63, 3.8) is 0 Å². The molecular formula is C25H32N2O2. The van der Waals surface area contributed by atoms with Crippen molar-refractivity contribution in [2.75, 3.05) is 44.2 Å². The predicted octanol–water partition coefficient (Wildman–Crippen LogP) is 4.58. The second-order valence-electron chi connectivity index (χ2n) is 8.21. The van der Waals surface area contributed by atoms with Crippen LogP contribution in [0.2, 0.25) is 0 Å². The van der Waals surface area contributed by atoms with Gasteiger partial charge in [-0.25, -0.2) is 0 Å². The Balaban J connectivity index is 1.25. The first-order valence-corrected chi connectivity index (χ1v) is 11.1. The molecule has 2 heterocycles. The summed E-state index contributed by atoms with van der Waals surface area (Å²) in [5.74, 6) is 1.02. The van der Waals surface area contributed by atoms with Gasteiger partial charge in [-0.2, -0.15) is 0 Å². The minimum Gasteiger partial charge on any atom is -0.494 e. The molecule has 0 aliphatic carbocycles. The number of likely N-dealkylation sites (tertiary alicyclic amines) is 1. The summed E-state index contributed by atoms with van der Waals surface area (Å²) < 4.78 is 5.88. The highest BCUT2D eigenvalue weighted by Gasteiger charge is 2.19. The third kappa shape index (κ3) is 5.39. The Bertz CT molecular complexity index is 797. The van der Waals surface area contributed by atoms with Crippen LogP contribution in [0, 0.1) is 0 Å². The smallest absolute Gasteiger partial charge is 0.182 e. The van der Waals surface area contributed by atoms with Gasteiger partial charge < -0.3 is 14.5 Å². The van der Waals surface area contributed by atoms with E-state index in [4.69, 9.17) is 4.74 Å². The molecule has 1 saturated heterocycles. The maximum Gasteiger partial charge on any atom is 0.182 e. The van der Waals surface area contributed by atoms with Crippen molar-refractivity contribution in [3.8, 4) is 5.75 Å². The highest BCUT2D eigenvalue weighted by atomic mass is 16.5. The number of rotatable bonds is 8. The van der Waals surface area contributed by atoms with E-state index in [1.54, 1.807) is 0 Å². The summed E-state index contributed by atoms with van der Waals surface area (Å²) in [6.07, 6.45) is 7.30. The van der Waals surface area contributed by atoms with E-state index < -0.39 is 0 Å². The van der Waals surface area contributed by atoms with Gasteiger partial charge in [-0.15, -0.1) is 0 Å². The van der Waals surface area contributed by atoms with Crippen molar-refractivity contribution in [2.45, 2.75) is 38.5 Å². The molecule has 2 aromatic carbocycles. The molecule has 4 nitrogen and oxygen atoms in total. The molecule has 4 rings (SSSR count). The number of carbonyl (C=O) groups is 1. The monoisotopic (exact) mass is 392 g/mol. The van der Waals surface area contributed by atoms with E-state index in [0.29, 0.717) is 6.54 Å². The summed E-state index contributed by atoms with van der Waals surface area (Å²) in [6.45, 7) is 5.70. The van der Waals surface area contributed by atoms with Crippen LogP contribution in [0.1, 0.15) is 48.0 Å². The zero-order chi connectivity index (χ0) is 19.9. The van der Waals surface area contributed by atoms with Crippen LogP contribution in [0.15, 0.2) is 48.5 Å². The average Bonchev–Trinajstić information content (AvgIpc) is 2.78. The molecule has 0 saturated carbocycles. The van der Waals surface area contributed by atoms with E-state index in [0.717, 1.165) is 50.3 Å². The van der Waals surface area contributed by atoms with Crippen molar-refractivity contribution in [1.82, 2.24) is 4.90 Å². The zero-order valence-electron chi connectivity index (χ0n) is 17.3. The number of nitrogens with zero attached hydrogens (tertiary/aromatic N) is 2. The van der Waals surface area contributed by atoms with Crippen LogP contribution < -0.4 is 9.64 Å². The normalized spacial score (nSPS) is 17.0. The molecule has 154 valence electrons. The van der Waals surface area contributed by atoms with E-state index in [1.165, 1.54) is 43.6 Å². The first-order chi connectivity index (χ1) is 14.3. The van der Waals surface area contributed by atoms with Crippen LogP contribution in [-0.4, -0.2) is 50.0 Å². The van der Waals surface area contributed by atoms with Crippen molar-refractivity contribution in [2.24, 2.45) is 0 Å². The van der Waals surface area contributed by atoms with Gasteiger partial charge in [0.1, 0.15) is 5.75 Å². The van der Waals surface area contributed by atoms with E-state index in [1.807, 2.05) is 24.3 Å². The molecule has 0 bridgehead atoms. The summed E-state index contributed by atoms with van der Waals surface area (Å²) in [6, 6.07) is 16.1. The molecule has 0 amide bonds. The fourth-order valence-corrected chi connectivity index (χ4v) is 4.44.